The van der Waals surface area contributed by atoms with E-state index in [-0.39, 0.29) is 5.82 Å². The first-order chi connectivity index (χ1) is 10.2. The van der Waals surface area contributed by atoms with Crippen LogP contribution in [0.5, 0.6) is 0 Å². The smallest absolute Gasteiger partial charge is 0.265 e. The molecule has 1 aliphatic rings. The molecule has 0 saturated carbocycles. The molecule has 0 atom stereocenters. The van der Waals surface area contributed by atoms with Crippen LogP contribution in [0, 0.1) is 5.82 Å². The van der Waals surface area contributed by atoms with Crippen molar-refractivity contribution in [2.24, 2.45) is 5.84 Å². The topological polar surface area (TPSA) is 58.4 Å². The number of hydrazine groups is 1. The maximum atomic E-state index is 14.0. The van der Waals surface area contributed by atoms with Crippen LogP contribution < -0.4 is 16.2 Å². The quantitative estimate of drug-likeness (QED) is 0.515. The summed E-state index contributed by atoms with van der Waals surface area (Å²) in [5.74, 6) is 4.38. The Hall–Kier alpha value is -2.40. The van der Waals surface area contributed by atoms with Crippen molar-refractivity contribution in [3.8, 4) is 0 Å². The summed E-state index contributed by atoms with van der Waals surface area (Å²) in [6.45, 7) is 1.29. The van der Waals surface area contributed by atoms with E-state index >= 15 is 0 Å². The van der Waals surface area contributed by atoms with Crippen molar-refractivity contribution in [2.75, 3.05) is 11.4 Å². The van der Waals surface area contributed by atoms with Crippen molar-refractivity contribution in [2.45, 2.75) is 13.0 Å². The number of para-hydroxylation sites is 1. The number of rotatable bonds is 3. The fraction of sp³-hybridized carbons (Fsp3) is 0.188. The first-order valence-corrected chi connectivity index (χ1v) is 6.81. The molecule has 0 bridgehead atoms. The van der Waals surface area contributed by atoms with Crippen molar-refractivity contribution in [1.29, 1.82) is 0 Å². The normalized spacial score (nSPS) is 13.1. The van der Waals surface area contributed by atoms with Crippen LogP contribution in [-0.4, -0.2) is 12.5 Å². The molecule has 0 radical (unpaired) electrons. The van der Waals surface area contributed by atoms with Gasteiger partial charge in [-0.2, -0.15) is 0 Å². The number of carbonyl (C=O) groups excluding carboxylic acids is 1. The van der Waals surface area contributed by atoms with E-state index in [2.05, 4.69) is 16.4 Å². The van der Waals surface area contributed by atoms with E-state index in [0.717, 1.165) is 18.7 Å². The molecule has 0 fully saturated rings. The van der Waals surface area contributed by atoms with E-state index in [4.69, 9.17) is 5.84 Å². The molecule has 1 aliphatic heterocycles. The minimum absolute atomic E-state index is 0.312. The van der Waals surface area contributed by atoms with Gasteiger partial charge in [-0.25, -0.2) is 10.2 Å². The van der Waals surface area contributed by atoms with E-state index in [1.165, 1.54) is 17.7 Å². The number of carbonyl (C=O) groups is 1. The minimum Gasteiger partial charge on any atom is -0.367 e. The molecule has 1 amide bonds. The summed E-state index contributed by atoms with van der Waals surface area (Å²) in [6, 6.07) is 12.4. The van der Waals surface area contributed by atoms with Gasteiger partial charge in [0.05, 0.1) is 0 Å². The number of nitrogens with one attached hydrogen (secondary N) is 1. The molecular formula is C16H16FN3O. The zero-order chi connectivity index (χ0) is 14.8. The lowest BCUT2D eigenvalue weighted by Crippen LogP contribution is -2.30. The first kappa shape index (κ1) is 13.6. The predicted octanol–water partition coefficient (Wildman–Crippen LogP) is 1.99. The summed E-state index contributed by atoms with van der Waals surface area (Å²) in [5, 5.41) is 0. The highest BCUT2D eigenvalue weighted by molar-refractivity contribution is 5.93. The van der Waals surface area contributed by atoms with E-state index in [9.17, 15) is 9.18 Å². The Morgan fingerprint density at radius 2 is 2.10 bits per heavy atom. The molecule has 0 unspecified atom stereocenters. The maximum absolute atomic E-state index is 14.0. The molecule has 0 saturated heterocycles. The van der Waals surface area contributed by atoms with Gasteiger partial charge in [-0.15, -0.1) is 0 Å². The number of benzene rings is 2. The highest BCUT2D eigenvalue weighted by atomic mass is 19.1. The molecular weight excluding hydrogens is 269 g/mol. The average Bonchev–Trinajstić information content (AvgIpc) is 2.92. The van der Waals surface area contributed by atoms with Crippen molar-refractivity contribution in [3.05, 3.63) is 65.0 Å². The van der Waals surface area contributed by atoms with Gasteiger partial charge < -0.3 is 4.90 Å². The van der Waals surface area contributed by atoms with E-state index in [1.807, 2.05) is 18.2 Å². The van der Waals surface area contributed by atoms with Crippen LogP contribution in [0.15, 0.2) is 42.5 Å². The van der Waals surface area contributed by atoms with Gasteiger partial charge in [0, 0.05) is 29.9 Å². The lowest BCUT2D eigenvalue weighted by molar-refractivity contribution is 0.0953. The highest BCUT2D eigenvalue weighted by Crippen LogP contribution is 2.29. The Morgan fingerprint density at radius 1 is 1.29 bits per heavy atom. The molecule has 0 spiro atoms. The lowest BCUT2D eigenvalue weighted by atomic mass is 10.1. The second-order valence-electron chi connectivity index (χ2n) is 5.08. The maximum Gasteiger partial charge on any atom is 0.265 e. The zero-order valence-corrected chi connectivity index (χ0v) is 11.5. The summed E-state index contributed by atoms with van der Waals surface area (Å²) in [4.78, 5) is 13.7. The monoisotopic (exact) mass is 285 g/mol. The number of hydrogen-bond acceptors (Lipinski definition) is 3. The van der Waals surface area contributed by atoms with Crippen LogP contribution >= 0.6 is 0 Å². The Balaban J connectivity index is 1.87. The van der Waals surface area contributed by atoms with Crippen LogP contribution in [-0.2, 0) is 13.0 Å². The van der Waals surface area contributed by atoms with Crippen molar-refractivity contribution < 1.29 is 9.18 Å². The number of nitrogens with two attached hydrogens (primary N) is 1. The Kier molecular flexibility index (Phi) is 3.58. The second kappa shape index (κ2) is 5.54. The second-order valence-corrected chi connectivity index (χ2v) is 5.08. The Morgan fingerprint density at radius 3 is 2.90 bits per heavy atom. The van der Waals surface area contributed by atoms with Crippen molar-refractivity contribution in [1.82, 2.24) is 5.43 Å². The fourth-order valence-electron chi connectivity index (χ4n) is 2.70. The largest absolute Gasteiger partial charge is 0.367 e. The van der Waals surface area contributed by atoms with Crippen LogP contribution in [0.3, 0.4) is 0 Å². The summed E-state index contributed by atoms with van der Waals surface area (Å²) >= 11 is 0. The molecule has 0 aliphatic carbocycles. The van der Waals surface area contributed by atoms with Gasteiger partial charge in [0.25, 0.3) is 5.91 Å². The molecule has 1 heterocycles. The van der Waals surface area contributed by atoms with Gasteiger partial charge in [0.2, 0.25) is 0 Å². The number of hydrogen-bond donors (Lipinski definition) is 2. The number of amides is 1. The predicted molar refractivity (Wildman–Crippen MR) is 79.2 cm³/mol. The summed E-state index contributed by atoms with van der Waals surface area (Å²) in [6.07, 6.45) is 0.959. The molecule has 3 rings (SSSR count). The van der Waals surface area contributed by atoms with Crippen molar-refractivity contribution >= 4 is 11.6 Å². The van der Waals surface area contributed by atoms with Crippen LogP contribution in [0.2, 0.25) is 0 Å². The van der Waals surface area contributed by atoms with E-state index in [1.54, 1.807) is 6.07 Å². The third-order valence-electron chi connectivity index (χ3n) is 3.78. The van der Waals surface area contributed by atoms with Crippen molar-refractivity contribution in [3.63, 3.8) is 0 Å². The Labute approximate surface area is 122 Å². The third-order valence-corrected chi connectivity index (χ3v) is 3.78. The van der Waals surface area contributed by atoms with Gasteiger partial charge >= 0.3 is 0 Å². The first-order valence-electron chi connectivity index (χ1n) is 6.81. The number of fused-ring (bicyclic) bond motifs is 1. The lowest BCUT2D eigenvalue weighted by Gasteiger charge is -2.20. The third kappa shape index (κ3) is 2.60. The fourth-order valence-corrected chi connectivity index (χ4v) is 2.70. The highest BCUT2D eigenvalue weighted by Gasteiger charge is 2.20. The number of anilines is 1. The van der Waals surface area contributed by atoms with Crippen LogP contribution in [0.25, 0.3) is 0 Å². The Bertz CT molecular complexity index is 687. The van der Waals surface area contributed by atoms with Crippen LogP contribution in [0.1, 0.15) is 21.5 Å². The molecule has 0 aromatic heterocycles. The molecule has 108 valence electrons. The van der Waals surface area contributed by atoms with Gasteiger partial charge in [0.15, 0.2) is 0 Å². The molecule has 5 heteroatoms. The van der Waals surface area contributed by atoms with Gasteiger partial charge in [0.1, 0.15) is 5.82 Å². The molecule has 4 nitrogen and oxygen atoms in total. The number of nitrogen functional groups attached to an aromatic ring is 1. The molecule has 3 N–H and O–H groups in total. The van der Waals surface area contributed by atoms with Gasteiger partial charge in [-0.3, -0.25) is 10.2 Å². The van der Waals surface area contributed by atoms with E-state index < -0.39 is 5.91 Å². The zero-order valence-electron chi connectivity index (χ0n) is 11.5. The SMILES string of the molecule is NNC(=O)c1ccc(F)c(CN2CCc3ccccc32)c1. The van der Waals surface area contributed by atoms with Gasteiger partial charge in [-0.1, -0.05) is 18.2 Å². The molecule has 21 heavy (non-hydrogen) atoms. The summed E-state index contributed by atoms with van der Waals surface area (Å²) < 4.78 is 14.0. The number of halogens is 1. The van der Waals surface area contributed by atoms with Crippen LogP contribution in [0.4, 0.5) is 10.1 Å². The van der Waals surface area contributed by atoms with E-state index in [0.29, 0.717) is 17.7 Å². The number of nitrogens with zero attached hydrogens (tertiary/aromatic N) is 1. The summed E-state index contributed by atoms with van der Waals surface area (Å²) in [7, 11) is 0. The average molecular weight is 285 g/mol. The minimum atomic E-state index is -0.418. The standard InChI is InChI=1S/C16H16FN3O/c17-14-6-5-12(16(21)19-18)9-13(14)10-20-8-7-11-3-1-2-4-15(11)20/h1-6,9H,7-8,10,18H2,(H,19,21). The summed E-state index contributed by atoms with van der Waals surface area (Å²) in [5.41, 5.74) is 5.32. The molecule has 2 aromatic carbocycles. The molecule has 2 aromatic rings. The van der Waals surface area contributed by atoms with Gasteiger partial charge in [-0.05, 0) is 36.2 Å².